The summed E-state index contributed by atoms with van der Waals surface area (Å²) in [5, 5.41) is 10.4. The molecule has 1 saturated heterocycles. The molecule has 0 unspecified atom stereocenters. The van der Waals surface area contributed by atoms with Crippen LogP contribution in [0.5, 0.6) is 0 Å². The third-order valence-corrected chi connectivity index (χ3v) is 7.56. The molecule has 0 bridgehead atoms. The van der Waals surface area contributed by atoms with E-state index in [9.17, 15) is 13.5 Å². The Bertz CT molecular complexity index is 1140. The molecule has 0 saturated carbocycles. The number of hydrogen-bond acceptors (Lipinski definition) is 4. The van der Waals surface area contributed by atoms with Crippen molar-refractivity contribution in [3.63, 3.8) is 0 Å². The highest BCUT2D eigenvalue weighted by atomic mass is 35.5. The van der Waals surface area contributed by atoms with Crippen molar-refractivity contribution >= 4 is 33.2 Å². The van der Waals surface area contributed by atoms with Gasteiger partial charge in [0.25, 0.3) is 0 Å². The maximum atomic E-state index is 13.1. The number of sulfonamides is 1. The highest BCUT2D eigenvalue weighted by Gasteiger charge is 2.30. The minimum absolute atomic E-state index is 0.0359. The molecule has 29 heavy (non-hydrogen) atoms. The first-order chi connectivity index (χ1) is 13.8. The summed E-state index contributed by atoms with van der Waals surface area (Å²) < 4.78 is 27.5. The Hall–Kier alpha value is -1.90. The molecule has 1 fully saturated rings. The van der Waals surface area contributed by atoms with Crippen LogP contribution in [-0.2, 0) is 10.0 Å². The minimum atomic E-state index is -3.77. The number of nitrogens with zero attached hydrogens (tertiary/aromatic N) is 2. The molecule has 152 valence electrons. The number of nitrogens with one attached hydrogen (secondary N) is 1. The summed E-state index contributed by atoms with van der Waals surface area (Å²) in [5.74, 6) is 0.530. The van der Waals surface area contributed by atoms with Crippen LogP contribution < -0.4 is 0 Å². The number of piperidine rings is 1. The molecule has 9 heteroatoms. The van der Waals surface area contributed by atoms with Gasteiger partial charge in [0.05, 0.1) is 16.8 Å². The maximum absolute atomic E-state index is 13.1. The molecule has 0 atom stereocenters. The van der Waals surface area contributed by atoms with E-state index in [0.29, 0.717) is 34.9 Å². The Morgan fingerprint density at radius 3 is 2.55 bits per heavy atom. The lowest BCUT2D eigenvalue weighted by molar-refractivity contribution is 0.113. The molecule has 1 aromatic heterocycles. The van der Waals surface area contributed by atoms with Gasteiger partial charge in [-0.2, -0.15) is 4.31 Å². The van der Waals surface area contributed by atoms with Crippen molar-refractivity contribution in [2.45, 2.75) is 23.8 Å². The van der Waals surface area contributed by atoms with E-state index < -0.39 is 16.1 Å². The Morgan fingerprint density at radius 1 is 1.07 bits per heavy atom. The summed E-state index contributed by atoms with van der Waals surface area (Å²) in [6.07, 6.45) is 2.11. The maximum Gasteiger partial charge on any atom is 0.244 e. The molecular formula is C20H19Cl2N3O3S. The molecule has 4 rings (SSSR count). The monoisotopic (exact) mass is 451 g/mol. The second-order valence-corrected chi connectivity index (χ2v) is 9.68. The Morgan fingerprint density at radius 2 is 1.83 bits per heavy atom. The molecule has 2 aromatic carbocycles. The zero-order valence-corrected chi connectivity index (χ0v) is 17.7. The predicted octanol–water partition coefficient (Wildman–Crippen LogP) is 4.20. The summed E-state index contributed by atoms with van der Waals surface area (Å²) in [7, 11) is -3.77. The highest BCUT2D eigenvalue weighted by molar-refractivity contribution is 7.89. The molecule has 2 heterocycles. The van der Waals surface area contributed by atoms with Gasteiger partial charge in [0.2, 0.25) is 10.0 Å². The Labute approximate surface area is 179 Å². The molecular weight excluding hydrogens is 433 g/mol. The van der Waals surface area contributed by atoms with Crippen LogP contribution in [0.3, 0.4) is 0 Å². The number of H-pyrrole nitrogens is 1. The van der Waals surface area contributed by atoms with Crippen LogP contribution in [0.1, 0.15) is 12.8 Å². The third-order valence-electron chi connectivity index (χ3n) is 4.94. The number of aliphatic hydroxyl groups is 1. The van der Waals surface area contributed by atoms with Gasteiger partial charge in [-0.3, -0.25) is 0 Å². The SMILES string of the molecule is O=S(=O)(c1cc(-c2nc(-c3cccc(Cl)c3)c[nH]2)ccc1Cl)N1CCC(O)CC1. The molecule has 3 aromatic rings. The second-order valence-electron chi connectivity index (χ2n) is 6.93. The lowest BCUT2D eigenvalue weighted by atomic mass is 10.1. The van der Waals surface area contributed by atoms with E-state index in [1.807, 2.05) is 18.2 Å². The van der Waals surface area contributed by atoms with Crippen molar-refractivity contribution in [2.75, 3.05) is 13.1 Å². The molecule has 0 spiro atoms. The quantitative estimate of drug-likeness (QED) is 0.622. The topological polar surface area (TPSA) is 86.3 Å². The molecule has 2 N–H and O–H groups in total. The number of imidazole rings is 1. The fourth-order valence-electron chi connectivity index (χ4n) is 3.34. The molecule has 0 aliphatic carbocycles. The largest absolute Gasteiger partial charge is 0.393 e. The van der Waals surface area contributed by atoms with E-state index in [2.05, 4.69) is 9.97 Å². The van der Waals surface area contributed by atoms with Crippen LogP contribution in [0.2, 0.25) is 10.0 Å². The zero-order chi connectivity index (χ0) is 20.6. The van der Waals surface area contributed by atoms with Gasteiger partial charge in [-0.15, -0.1) is 0 Å². The zero-order valence-electron chi connectivity index (χ0n) is 15.3. The van der Waals surface area contributed by atoms with Crippen LogP contribution >= 0.6 is 23.2 Å². The number of rotatable bonds is 4. The third kappa shape index (κ3) is 4.20. The summed E-state index contributed by atoms with van der Waals surface area (Å²) in [6, 6.07) is 12.1. The van der Waals surface area contributed by atoms with Crippen molar-refractivity contribution in [3.05, 3.63) is 58.7 Å². The van der Waals surface area contributed by atoms with E-state index in [4.69, 9.17) is 23.2 Å². The smallest absolute Gasteiger partial charge is 0.244 e. The Kier molecular flexibility index (Phi) is 5.68. The van der Waals surface area contributed by atoms with Crippen molar-refractivity contribution in [3.8, 4) is 22.6 Å². The van der Waals surface area contributed by atoms with Crippen LogP contribution in [0.15, 0.2) is 53.6 Å². The molecule has 0 radical (unpaired) electrons. The van der Waals surface area contributed by atoms with Crippen LogP contribution in [0.25, 0.3) is 22.6 Å². The number of halogens is 2. The average molecular weight is 452 g/mol. The van der Waals surface area contributed by atoms with Crippen molar-refractivity contribution in [2.24, 2.45) is 0 Å². The summed E-state index contributed by atoms with van der Waals surface area (Å²) in [5.41, 5.74) is 2.17. The van der Waals surface area contributed by atoms with Gasteiger partial charge in [-0.25, -0.2) is 13.4 Å². The van der Waals surface area contributed by atoms with Gasteiger partial charge in [0.15, 0.2) is 0 Å². The summed E-state index contributed by atoms with van der Waals surface area (Å²) in [6.45, 7) is 0.535. The lowest BCUT2D eigenvalue weighted by Crippen LogP contribution is -2.40. The number of aliphatic hydroxyl groups excluding tert-OH is 1. The standard InChI is InChI=1S/C20H19Cl2N3O3S/c21-15-3-1-2-13(10-15)18-12-23-20(24-18)14-4-5-17(22)19(11-14)29(27,28)25-8-6-16(26)7-9-25/h1-5,10-12,16,26H,6-9H2,(H,23,24). The first-order valence-corrected chi connectivity index (χ1v) is 11.3. The first-order valence-electron chi connectivity index (χ1n) is 9.14. The predicted molar refractivity (Wildman–Crippen MR) is 113 cm³/mol. The number of aromatic nitrogens is 2. The highest BCUT2D eigenvalue weighted by Crippen LogP contribution is 2.31. The summed E-state index contributed by atoms with van der Waals surface area (Å²) >= 11 is 12.3. The van der Waals surface area contributed by atoms with Crippen molar-refractivity contribution in [1.82, 2.24) is 14.3 Å². The second kappa shape index (κ2) is 8.08. The fourth-order valence-corrected chi connectivity index (χ4v) is 5.50. The minimum Gasteiger partial charge on any atom is -0.393 e. The molecule has 1 aliphatic heterocycles. The van der Waals surface area contributed by atoms with Crippen molar-refractivity contribution in [1.29, 1.82) is 0 Å². The van der Waals surface area contributed by atoms with Crippen LogP contribution in [-0.4, -0.2) is 47.0 Å². The van der Waals surface area contributed by atoms with E-state index in [-0.39, 0.29) is 23.0 Å². The average Bonchev–Trinajstić information content (AvgIpc) is 3.19. The van der Waals surface area contributed by atoms with Gasteiger partial charge >= 0.3 is 0 Å². The van der Waals surface area contributed by atoms with E-state index in [1.165, 1.54) is 10.4 Å². The molecule has 0 amide bonds. The van der Waals surface area contributed by atoms with Gasteiger partial charge < -0.3 is 10.1 Å². The first kappa shape index (κ1) is 20.4. The van der Waals surface area contributed by atoms with Gasteiger partial charge in [-0.1, -0.05) is 35.3 Å². The number of benzene rings is 2. The molecule has 1 aliphatic rings. The molecule has 6 nitrogen and oxygen atoms in total. The van der Waals surface area contributed by atoms with Crippen molar-refractivity contribution < 1.29 is 13.5 Å². The van der Waals surface area contributed by atoms with E-state index in [0.717, 1.165) is 5.56 Å². The van der Waals surface area contributed by atoms with Crippen LogP contribution in [0.4, 0.5) is 0 Å². The van der Waals surface area contributed by atoms with Gasteiger partial charge in [0.1, 0.15) is 10.7 Å². The number of hydrogen-bond donors (Lipinski definition) is 2. The Balaban J connectivity index is 1.67. The summed E-state index contributed by atoms with van der Waals surface area (Å²) in [4.78, 5) is 7.69. The lowest BCUT2D eigenvalue weighted by Gasteiger charge is -2.29. The van der Waals surface area contributed by atoms with Gasteiger partial charge in [-0.05, 0) is 43.2 Å². The van der Waals surface area contributed by atoms with Gasteiger partial charge in [0, 0.05) is 35.4 Å². The van der Waals surface area contributed by atoms with E-state index in [1.54, 1.807) is 24.4 Å². The normalized spacial score (nSPS) is 16.2. The fraction of sp³-hybridized carbons (Fsp3) is 0.250. The van der Waals surface area contributed by atoms with Crippen LogP contribution in [0, 0.1) is 0 Å². The van der Waals surface area contributed by atoms with E-state index >= 15 is 0 Å². The number of aromatic amines is 1.